The summed E-state index contributed by atoms with van der Waals surface area (Å²) in [6.07, 6.45) is 2.21. The normalized spacial score (nSPS) is 19.1. The minimum Gasteiger partial charge on any atom is -0.391 e. The number of nitrogens with zero attached hydrogens (tertiary/aromatic N) is 3. The van der Waals surface area contributed by atoms with E-state index in [0.717, 1.165) is 22.5 Å². The van der Waals surface area contributed by atoms with Gasteiger partial charge in [0.05, 0.1) is 28.2 Å². The monoisotopic (exact) mass is 495 g/mol. The molecule has 3 N–H and O–H groups in total. The molecule has 8 nitrogen and oxygen atoms in total. The number of aryl methyl sites for hydroxylation is 1. The molecule has 3 heterocycles. The molecule has 1 aliphatic rings. The summed E-state index contributed by atoms with van der Waals surface area (Å²) in [5.41, 5.74) is 5.62. The average molecular weight is 496 g/mol. The molecule has 1 fully saturated rings. The Balaban J connectivity index is 1.54. The molecule has 3 aromatic rings. The van der Waals surface area contributed by atoms with Crippen LogP contribution >= 0.6 is 11.3 Å². The van der Waals surface area contributed by atoms with Crippen molar-refractivity contribution < 1.29 is 14.7 Å². The summed E-state index contributed by atoms with van der Waals surface area (Å²) in [6, 6.07) is 7.31. The van der Waals surface area contributed by atoms with Crippen LogP contribution in [0.15, 0.2) is 36.0 Å². The largest absolute Gasteiger partial charge is 0.391 e. The van der Waals surface area contributed by atoms with E-state index >= 15 is 0 Å². The lowest BCUT2D eigenvalue weighted by Crippen LogP contribution is -2.54. The van der Waals surface area contributed by atoms with Gasteiger partial charge in [-0.2, -0.15) is 0 Å². The van der Waals surface area contributed by atoms with Gasteiger partial charge < -0.3 is 20.3 Å². The molecule has 2 amide bonds. The fourth-order valence-corrected chi connectivity index (χ4v) is 5.39. The first kappa shape index (κ1) is 25.1. The fraction of sp³-hybridized carbons (Fsp3) is 0.462. The molecule has 186 valence electrons. The number of benzene rings is 1. The van der Waals surface area contributed by atoms with E-state index in [1.807, 2.05) is 39.3 Å². The number of aliphatic hydroxyl groups is 1. The van der Waals surface area contributed by atoms with Gasteiger partial charge in [-0.05, 0) is 29.5 Å². The predicted molar refractivity (Wildman–Crippen MR) is 136 cm³/mol. The highest BCUT2D eigenvalue weighted by molar-refractivity contribution is 7.13. The van der Waals surface area contributed by atoms with Crippen LogP contribution in [0, 0.1) is 12.3 Å². The molecule has 1 aromatic carbocycles. The first-order chi connectivity index (χ1) is 16.5. The summed E-state index contributed by atoms with van der Waals surface area (Å²) >= 11 is 1.63. The van der Waals surface area contributed by atoms with E-state index in [0.29, 0.717) is 18.7 Å². The number of carbonyl (C=O) groups is 2. The van der Waals surface area contributed by atoms with Gasteiger partial charge in [0.25, 0.3) is 0 Å². The molecular formula is C26H33N5O3S. The van der Waals surface area contributed by atoms with Crippen molar-refractivity contribution in [3.8, 4) is 10.4 Å². The van der Waals surface area contributed by atoms with Crippen LogP contribution in [-0.2, 0) is 16.0 Å². The highest BCUT2D eigenvalue weighted by atomic mass is 32.1. The van der Waals surface area contributed by atoms with Gasteiger partial charge in [-0.15, -0.1) is 11.3 Å². The van der Waals surface area contributed by atoms with Crippen molar-refractivity contribution in [2.75, 3.05) is 6.54 Å². The third kappa shape index (κ3) is 5.62. The summed E-state index contributed by atoms with van der Waals surface area (Å²) in [6.45, 7) is 9.38. The number of carbonyl (C=O) groups excluding carboxylic acids is 2. The summed E-state index contributed by atoms with van der Waals surface area (Å²) in [7, 11) is 0. The predicted octanol–water partition coefficient (Wildman–Crippen LogP) is 3.62. The van der Waals surface area contributed by atoms with E-state index in [1.165, 1.54) is 11.8 Å². The maximum atomic E-state index is 13.5. The number of amides is 2. The number of nitrogens with one attached hydrogen (secondary N) is 2. The van der Waals surface area contributed by atoms with Crippen LogP contribution in [0.5, 0.6) is 0 Å². The fourth-order valence-electron chi connectivity index (χ4n) is 4.59. The quantitative estimate of drug-likeness (QED) is 0.484. The number of hydrogen-bond acceptors (Lipinski definition) is 6. The summed E-state index contributed by atoms with van der Waals surface area (Å²) in [5, 5.41) is 13.2. The van der Waals surface area contributed by atoms with Crippen LogP contribution in [-0.4, -0.2) is 55.5 Å². The second-order valence-electron chi connectivity index (χ2n) is 10.3. The average Bonchev–Trinajstić information content (AvgIpc) is 3.50. The zero-order valence-corrected chi connectivity index (χ0v) is 21.6. The van der Waals surface area contributed by atoms with Gasteiger partial charge in [0.2, 0.25) is 11.8 Å². The Morgan fingerprint density at radius 1 is 1.31 bits per heavy atom. The Morgan fingerprint density at radius 2 is 2.09 bits per heavy atom. The van der Waals surface area contributed by atoms with Crippen molar-refractivity contribution in [3.63, 3.8) is 0 Å². The molecule has 9 heteroatoms. The standard InChI is InChI=1S/C26H33N5O3S/c1-15-22(35-14-28-15)18-8-6-7-17(9-18)10-19-12-27-24(30-19)21-11-20(33)13-31(21)25(34)23(26(3,4)5)29-16(2)32/h6-9,12,14,20-21,23,33H,10-11,13H2,1-5H3,(H,27,30)(H,29,32)/t20-,21+,23-/m1/s1. The zero-order chi connectivity index (χ0) is 25.3. The van der Waals surface area contributed by atoms with Gasteiger partial charge in [0.15, 0.2) is 0 Å². The second kappa shape index (κ2) is 9.91. The summed E-state index contributed by atoms with van der Waals surface area (Å²) in [4.78, 5) is 40.4. The van der Waals surface area contributed by atoms with Crippen LogP contribution in [0.25, 0.3) is 10.4 Å². The Bertz CT molecular complexity index is 1210. The third-order valence-corrected chi connectivity index (χ3v) is 7.29. The number of β-amino-alcohol motifs (C(OH)–C–C–N with tert-alkyl or cyclic N) is 1. The first-order valence-corrected chi connectivity index (χ1v) is 12.7. The molecule has 0 bridgehead atoms. The Labute approximate surface area is 209 Å². The Hall–Kier alpha value is -3.04. The molecule has 35 heavy (non-hydrogen) atoms. The van der Waals surface area contributed by atoms with E-state index in [1.54, 1.807) is 22.4 Å². The van der Waals surface area contributed by atoms with Crippen molar-refractivity contribution in [1.29, 1.82) is 0 Å². The van der Waals surface area contributed by atoms with E-state index in [2.05, 4.69) is 38.5 Å². The SMILES string of the molecule is CC(=O)N[C@H](C(=O)N1C[C@H](O)C[C@H]1c1ncc(Cc2cccc(-c3scnc3C)c2)[nH]1)C(C)(C)C. The number of aromatic amines is 1. The van der Waals surface area contributed by atoms with Crippen molar-refractivity contribution in [2.45, 2.75) is 65.6 Å². The number of likely N-dealkylation sites (tertiary alicyclic amines) is 1. The van der Waals surface area contributed by atoms with Gasteiger partial charge in [0, 0.05) is 38.2 Å². The molecule has 0 radical (unpaired) electrons. The van der Waals surface area contributed by atoms with Crippen LogP contribution in [0.1, 0.15) is 62.9 Å². The van der Waals surface area contributed by atoms with Crippen LogP contribution < -0.4 is 5.32 Å². The maximum absolute atomic E-state index is 13.5. The number of hydrogen-bond donors (Lipinski definition) is 3. The number of rotatable bonds is 6. The molecular weight excluding hydrogens is 462 g/mol. The second-order valence-corrected chi connectivity index (χ2v) is 11.2. The van der Waals surface area contributed by atoms with Crippen LogP contribution in [0.4, 0.5) is 0 Å². The maximum Gasteiger partial charge on any atom is 0.246 e. The minimum absolute atomic E-state index is 0.208. The Kier molecular flexibility index (Phi) is 7.10. The smallest absolute Gasteiger partial charge is 0.246 e. The molecule has 4 rings (SSSR count). The molecule has 0 spiro atoms. The van der Waals surface area contributed by atoms with Crippen molar-refractivity contribution in [3.05, 3.63) is 58.7 Å². The third-order valence-electron chi connectivity index (χ3n) is 6.32. The van der Waals surface area contributed by atoms with Gasteiger partial charge in [-0.3, -0.25) is 9.59 Å². The minimum atomic E-state index is -0.694. The van der Waals surface area contributed by atoms with E-state index in [9.17, 15) is 14.7 Å². The number of imidazole rings is 1. The molecule has 1 aliphatic heterocycles. The number of thiazole rings is 1. The lowest BCUT2D eigenvalue weighted by atomic mass is 9.85. The van der Waals surface area contributed by atoms with Gasteiger partial charge in [-0.1, -0.05) is 39.0 Å². The summed E-state index contributed by atoms with van der Waals surface area (Å²) < 4.78 is 0. The van der Waals surface area contributed by atoms with E-state index < -0.39 is 17.6 Å². The molecule has 2 aromatic heterocycles. The number of aliphatic hydroxyl groups excluding tert-OH is 1. The topological polar surface area (TPSA) is 111 Å². The van der Waals surface area contributed by atoms with E-state index in [-0.39, 0.29) is 24.4 Å². The number of H-pyrrole nitrogens is 1. The highest BCUT2D eigenvalue weighted by Crippen LogP contribution is 2.34. The molecule has 3 atom stereocenters. The van der Waals surface area contributed by atoms with Crippen molar-refractivity contribution in [1.82, 2.24) is 25.2 Å². The lowest BCUT2D eigenvalue weighted by Gasteiger charge is -2.35. The van der Waals surface area contributed by atoms with E-state index in [4.69, 9.17) is 0 Å². The first-order valence-electron chi connectivity index (χ1n) is 11.8. The van der Waals surface area contributed by atoms with Gasteiger partial charge >= 0.3 is 0 Å². The molecule has 0 unspecified atom stereocenters. The zero-order valence-electron chi connectivity index (χ0n) is 20.8. The highest BCUT2D eigenvalue weighted by Gasteiger charge is 2.43. The van der Waals surface area contributed by atoms with Crippen LogP contribution in [0.3, 0.4) is 0 Å². The molecule has 0 aliphatic carbocycles. The van der Waals surface area contributed by atoms with Gasteiger partial charge in [0.1, 0.15) is 11.9 Å². The molecule has 0 saturated carbocycles. The van der Waals surface area contributed by atoms with Gasteiger partial charge in [-0.25, -0.2) is 9.97 Å². The van der Waals surface area contributed by atoms with Crippen LogP contribution in [0.2, 0.25) is 0 Å². The molecule has 1 saturated heterocycles. The number of aromatic nitrogens is 3. The van der Waals surface area contributed by atoms with Crippen molar-refractivity contribution >= 4 is 23.2 Å². The lowest BCUT2D eigenvalue weighted by molar-refractivity contribution is -0.140. The van der Waals surface area contributed by atoms with Crippen molar-refractivity contribution in [2.24, 2.45) is 5.41 Å². The Morgan fingerprint density at radius 3 is 2.74 bits per heavy atom. The summed E-state index contributed by atoms with van der Waals surface area (Å²) in [5.74, 6) is 0.181.